The van der Waals surface area contributed by atoms with Crippen LogP contribution >= 0.6 is 25.3 Å². The molecule has 24 nitrogen and oxygen atoms in total. The van der Waals surface area contributed by atoms with Gasteiger partial charge in [-0.25, -0.2) is 0 Å². The van der Waals surface area contributed by atoms with Crippen molar-refractivity contribution in [1.82, 2.24) is 53.2 Å². The van der Waals surface area contributed by atoms with Crippen molar-refractivity contribution in [2.75, 3.05) is 37.7 Å². The molecule has 3 fully saturated rings. The van der Waals surface area contributed by atoms with Gasteiger partial charge in [0.25, 0.3) is 0 Å². The SMILES string of the molecule is CC(C)C[C@@H]1NC(=O)[C@H](Cc2ccccc2)NC(=O)[C@H]2C[C@H](NC(=O)[C@H](CCCCN)NC(=O)CCS)[C@@H](CNC(=O)[C@H](CC(C)C)NC(=O)[C@H](Cc3ccccc3)NC(=O)[C@H]3C[C@H](NC(=O)[C@H](CCCCN)NC(=O)CCS)[C@@H](CNC1=O)O3)O2. The maximum absolute atomic E-state index is 14.7. The molecule has 0 spiro atoms. The molecular formula is C60H92N12O12S2. The largest absolute Gasteiger partial charge is 0.361 e. The van der Waals surface area contributed by atoms with Gasteiger partial charge in [-0.15, -0.1) is 0 Å². The van der Waals surface area contributed by atoms with Crippen LogP contribution in [0.15, 0.2) is 60.7 Å². The van der Waals surface area contributed by atoms with Crippen LogP contribution in [0.5, 0.6) is 0 Å². The summed E-state index contributed by atoms with van der Waals surface area (Å²) >= 11 is 8.34. The number of amides is 10. The molecule has 0 aromatic heterocycles. The highest BCUT2D eigenvalue weighted by atomic mass is 32.1. The third-order valence-corrected chi connectivity index (χ3v) is 15.5. The molecule has 0 saturated carbocycles. The van der Waals surface area contributed by atoms with Gasteiger partial charge >= 0.3 is 0 Å². The molecule has 3 saturated heterocycles. The van der Waals surface area contributed by atoms with Crippen molar-refractivity contribution < 1.29 is 57.4 Å². The number of benzene rings is 2. The van der Waals surface area contributed by atoms with Gasteiger partial charge in [0.2, 0.25) is 59.1 Å². The maximum Gasteiger partial charge on any atom is 0.249 e. The summed E-state index contributed by atoms with van der Waals surface area (Å²) in [5.41, 5.74) is 12.9. The molecule has 2 aromatic rings. The van der Waals surface area contributed by atoms with E-state index in [4.69, 9.17) is 20.9 Å². The van der Waals surface area contributed by atoms with Crippen molar-refractivity contribution in [3.05, 3.63) is 71.8 Å². The highest BCUT2D eigenvalue weighted by molar-refractivity contribution is 7.80. The van der Waals surface area contributed by atoms with Crippen molar-refractivity contribution in [2.24, 2.45) is 23.3 Å². The van der Waals surface area contributed by atoms with Crippen molar-refractivity contribution >= 4 is 84.3 Å². The second-order valence-electron chi connectivity index (χ2n) is 23.2. The van der Waals surface area contributed by atoms with E-state index in [1.54, 1.807) is 60.7 Å². The number of thiol groups is 2. The number of fused-ring (bicyclic) bond motifs is 4. The summed E-state index contributed by atoms with van der Waals surface area (Å²) in [6.07, 6.45) is -1.96. The van der Waals surface area contributed by atoms with Gasteiger partial charge in [-0.1, -0.05) is 88.4 Å². The van der Waals surface area contributed by atoms with Gasteiger partial charge < -0.3 is 74.1 Å². The lowest BCUT2D eigenvalue weighted by Crippen LogP contribution is -2.57. The first kappa shape index (κ1) is 70.4. The van der Waals surface area contributed by atoms with Gasteiger partial charge in [-0.2, -0.15) is 25.3 Å². The van der Waals surface area contributed by atoms with Gasteiger partial charge in [-0.05, 0) is 98.9 Å². The Bertz CT molecular complexity index is 2380. The van der Waals surface area contributed by atoms with Crippen molar-refractivity contribution in [1.29, 1.82) is 0 Å². The fourth-order valence-corrected chi connectivity index (χ4v) is 11.0. The highest BCUT2D eigenvalue weighted by Gasteiger charge is 2.45. The molecule has 4 bridgehead atoms. The minimum Gasteiger partial charge on any atom is -0.361 e. The number of carbonyl (C=O) groups excluding carboxylic acids is 10. The first-order valence-electron chi connectivity index (χ1n) is 30.2. The van der Waals surface area contributed by atoms with Crippen LogP contribution in [0.3, 0.4) is 0 Å². The number of hydrogen-bond acceptors (Lipinski definition) is 16. The Morgan fingerprint density at radius 2 is 0.884 bits per heavy atom. The number of ether oxygens (including phenoxy) is 2. The van der Waals surface area contributed by atoms with E-state index in [1.165, 1.54) is 0 Å². The van der Waals surface area contributed by atoms with E-state index in [-0.39, 0.29) is 101 Å². The molecule has 5 rings (SSSR count). The lowest BCUT2D eigenvalue weighted by Gasteiger charge is -2.27. The normalized spacial score (nSPS) is 25.0. The van der Waals surface area contributed by atoms with Crippen LogP contribution in [-0.4, -0.2) is 170 Å². The second kappa shape index (κ2) is 36.7. The zero-order chi connectivity index (χ0) is 62.7. The van der Waals surface area contributed by atoms with Crippen LogP contribution in [-0.2, 0) is 70.3 Å². The summed E-state index contributed by atoms with van der Waals surface area (Å²) in [6.45, 7) is 7.62. The molecule has 3 aliphatic heterocycles. The summed E-state index contributed by atoms with van der Waals surface area (Å²) in [5.74, 6) is -5.86. The van der Waals surface area contributed by atoms with Crippen LogP contribution in [0, 0.1) is 11.8 Å². The molecule has 0 unspecified atom stereocenters. The fraction of sp³-hybridized carbons (Fsp3) is 0.633. The van der Waals surface area contributed by atoms with Crippen molar-refractivity contribution in [3.63, 3.8) is 0 Å². The Hall–Kier alpha value is -6.32. The van der Waals surface area contributed by atoms with E-state index in [1.807, 2.05) is 27.7 Å². The molecule has 476 valence electrons. The second-order valence-corrected chi connectivity index (χ2v) is 24.1. The molecule has 86 heavy (non-hydrogen) atoms. The van der Waals surface area contributed by atoms with Gasteiger partial charge in [0.05, 0.1) is 24.3 Å². The Kier molecular flexibility index (Phi) is 30.1. The van der Waals surface area contributed by atoms with E-state index in [2.05, 4.69) is 78.4 Å². The minimum atomic E-state index is -1.30. The monoisotopic (exact) mass is 1240 g/mol. The number of carbonyl (C=O) groups is 10. The number of rotatable bonds is 26. The quantitative estimate of drug-likeness (QED) is 0.0433. The van der Waals surface area contributed by atoms with E-state index in [0.29, 0.717) is 49.9 Å². The lowest BCUT2D eigenvalue weighted by atomic mass is 10.00. The molecule has 0 aliphatic carbocycles. The van der Waals surface area contributed by atoms with Crippen LogP contribution in [0.2, 0.25) is 0 Å². The predicted octanol–water partition coefficient (Wildman–Crippen LogP) is -0.0988. The van der Waals surface area contributed by atoms with Gasteiger partial charge in [0.1, 0.15) is 48.5 Å². The van der Waals surface area contributed by atoms with E-state index in [0.717, 1.165) is 0 Å². The Morgan fingerprint density at radius 1 is 0.523 bits per heavy atom. The summed E-state index contributed by atoms with van der Waals surface area (Å²) in [4.78, 5) is 142. The number of nitrogens with one attached hydrogen (secondary N) is 10. The predicted molar refractivity (Wildman–Crippen MR) is 330 cm³/mol. The van der Waals surface area contributed by atoms with Crippen LogP contribution in [0.4, 0.5) is 0 Å². The van der Waals surface area contributed by atoms with E-state index in [9.17, 15) is 47.9 Å². The summed E-state index contributed by atoms with van der Waals surface area (Å²) in [7, 11) is 0. The van der Waals surface area contributed by atoms with E-state index < -0.39 is 132 Å². The summed E-state index contributed by atoms with van der Waals surface area (Å²) < 4.78 is 12.8. The van der Waals surface area contributed by atoms with Crippen LogP contribution in [0.1, 0.15) is 116 Å². The maximum atomic E-state index is 14.7. The molecule has 3 heterocycles. The number of unbranched alkanes of at least 4 members (excludes halogenated alkanes) is 2. The molecule has 0 radical (unpaired) electrons. The smallest absolute Gasteiger partial charge is 0.249 e. The molecule has 12 atom stereocenters. The fourth-order valence-electron chi connectivity index (χ4n) is 10.6. The van der Waals surface area contributed by atoms with Gasteiger partial charge in [0.15, 0.2) is 0 Å². The third-order valence-electron chi connectivity index (χ3n) is 15.1. The van der Waals surface area contributed by atoms with Gasteiger partial charge in [-0.3, -0.25) is 47.9 Å². The van der Waals surface area contributed by atoms with E-state index >= 15 is 0 Å². The standard InChI is InChI=1S/C60H92N12O12S2/c1-35(2)27-43-53(75)63-33-49-41(67-55(77)39(19-11-13-23-61)65-51(73)21-25-85)31-48(83-49)60(82)72-46(30-38-17-9-6-10-18-38)58(80)70-44(28-36(3)4)54(76)64-34-50-42(68-56(78)40(20-12-14-24-62)66-52(74)22-26-86)32-47(84-50)59(81)71-45(57(79)69-43)29-37-15-7-5-8-16-37/h5-10,15-18,35-36,39-50,85-86H,11-14,19-34,61-62H2,1-4H3,(H,63,75)(H,64,76)(H,65,73)(H,66,74)(H,67,77)(H,68,78)(H,69,79)(H,70,80)(H,71,81)(H,72,82)/t39-,40-,41-,42-,43-,44-,45-,46-,47+,48+,49+,50+/m0/s1. The molecular weight excluding hydrogens is 1140 g/mol. The average molecular weight is 1240 g/mol. The van der Waals surface area contributed by atoms with Crippen LogP contribution in [0.25, 0.3) is 0 Å². The Balaban J connectivity index is 1.55. The first-order chi connectivity index (χ1) is 41.2. The highest BCUT2D eigenvalue weighted by Crippen LogP contribution is 2.24. The Labute approximate surface area is 515 Å². The topological polar surface area (TPSA) is 361 Å². The zero-order valence-corrected chi connectivity index (χ0v) is 51.7. The third kappa shape index (κ3) is 23.4. The van der Waals surface area contributed by atoms with Gasteiger partial charge in [0, 0.05) is 51.6 Å². The lowest BCUT2D eigenvalue weighted by molar-refractivity contribution is -0.138. The molecule has 10 amide bonds. The van der Waals surface area contributed by atoms with Crippen LogP contribution < -0.4 is 64.6 Å². The summed E-state index contributed by atoms with van der Waals surface area (Å²) in [6, 6.07) is 9.03. The first-order valence-corrected chi connectivity index (χ1v) is 31.5. The number of nitrogens with two attached hydrogens (primary N) is 2. The zero-order valence-electron chi connectivity index (χ0n) is 49.9. The van der Waals surface area contributed by atoms with Crippen molar-refractivity contribution in [3.8, 4) is 0 Å². The molecule has 3 aliphatic rings. The Morgan fingerprint density at radius 3 is 1.22 bits per heavy atom. The number of hydrogen-bond donors (Lipinski definition) is 14. The molecule has 14 N–H and O–H groups in total. The molecule has 2 aromatic carbocycles. The van der Waals surface area contributed by atoms with Crippen molar-refractivity contribution in [2.45, 2.75) is 190 Å². The molecule has 26 heteroatoms. The average Bonchev–Trinajstić information content (AvgIpc) is 3.19. The minimum absolute atomic E-state index is 0.0184. The summed E-state index contributed by atoms with van der Waals surface area (Å²) in [5, 5.41) is 28.6.